The summed E-state index contributed by atoms with van der Waals surface area (Å²) in [6.07, 6.45) is 3.61. The summed E-state index contributed by atoms with van der Waals surface area (Å²) in [5.74, 6) is 1.21. The third-order valence-corrected chi connectivity index (χ3v) is 6.62. The summed E-state index contributed by atoms with van der Waals surface area (Å²) < 4.78 is 13.1. The molecule has 0 unspecified atom stereocenters. The SMILES string of the molecule is COCCn1c(-c2nc3cc(C(=O)N4C[C@H](N)CC[C@@H]4C)cc(OC)c3[nH]2)cc2cccnc21. The molecule has 4 aromatic rings. The van der Waals surface area contributed by atoms with Crippen LogP contribution in [-0.4, -0.2) is 69.8 Å². The normalized spacial score (nSPS) is 18.6. The summed E-state index contributed by atoms with van der Waals surface area (Å²) in [6.45, 7) is 3.81. The standard InChI is InChI=1S/C25H30N6O3/c1-15-6-7-18(26)14-31(15)25(32)17-11-19-22(21(13-17)34-3)29-23(28-19)20-12-16-5-4-8-27-24(16)30(20)9-10-33-2/h4-5,8,11-13,15,18H,6-7,9-10,14,26H2,1-3H3,(H,28,29)/t15-,18+/m0/s1. The Balaban J connectivity index is 1.59. The van der Waals surface area contributed by atoms with E-state index in [0.29, 0.717) is 42.4 Å². The number of fused-ring (bicyclic) bond motifs is 2. The number of H-pyrrole nitrogens is 1. The number of carbonyl (C=O) groups excluding carboxylic acids is 1. The topological polar surface area (TPSA) is 111 Å². The molecule has 34 heavy (non-hydrogen) atoms. The molecule has 0 saturated carbocycles. The molecule has 0 bridgehead atoms. The first-order chi connectivity index (χ1) is 16.5. The Morgan fingerprint density at radius 3 is 2.91 bits per heavy atom. The smallest absolute Gasteiger partial charge is 0.254 e. The number of aromatic nitrogens is 4. The molecule has 1 aliphatic rings. The van der Waals surface area contributed by atoms with Crippen LogP contribution in [0, 0.1) is 0 Å². The largest absolute Gasteiger partial charge is 0.494 e. The number of pyridine rings is 1. The predicted octanol–water partition coefficient (Wildman–Crippen LogP) is 3.19. The Kier molecular flexibility index (Phi) is 5.97. The van der Waals surface area contributed by atoms with Crippen LogP contribution in [0.2, 0.25) is 0 Å². The predicted molar refractivity (Wildman–Crippen MR) is 131 cm³/mol. The highest BCUT2D eigenvalue weighted by Gasteiger charge is 2.29. The zero-order valence-corrected chi connectivity index (χ0v) is 19.7. The molecule has 0 spiro atoms. The number of carbonyl (C=O) groups is 1. The number of ether oxygens (including phenoxy) is 2. The molecule has 5 rings (SSSR count). The number of likely N-dealkylation sites (tertiary alicyclic amines) is 1. The summed E-state index contributed by atoms with van der Waals surface area (Å²) >= 11 is 0. The first-order valence-corrected chi connectivity index (χ1v) is 11.6. The molecule has 1 saturated heterocycles. The van der Waals surface area contributed by atoms with Gasteiger partial charge in [0, 0.05) is 49.4 Å². The molecule has 1 fully saturated rings. The van der Waals surface area contributed by atoms with Gasteiger partial charge in [-0.2, -0.15) is 0 Å². The number of nitrogens with one attached hydrogen (secondary N) is 1. The quantitative estimate of drug-likeness (QED) is 0.455. The highest BCUT2D eigenvalue weighted by atomic mass is 16.5. The van der Waals surface area contributed by atoms with Gasteiger partial charge in [-0.3, -0.25) is 4.79 Å². The number of amides is 1. The Bertz CT molecular complexity index is 1340. The lowest BCUT2D eigenvalue weighted by Gasteiger charge is -2.36. The average Bonchev–Trinajstić information content (AvgIpc) is 3.44. The van der Waals surface area contributed by atoms with E-state index in [1.807, 2.05) is 23.1 Å². The minimum atomic E-state index is -0.0502. The van der Waals surface area contributed by atoms with Crippen LogP contribution in [0.4, 0.5) is 0 Å². The van der Waals surface area contributed by atoms with Gasteiger partial charge in [0.15, 0.2) is 5.82 Å². The van der Waals surface area contributed by atoms with Gasteiger partial charge in [-0.05, 0) is 50.1 Å². The van der Waals surface area contributed by atoms with Crippen LogP contribution in [0.15, 0.2) is 36.5 Å². The van der Waals surface area contributed by atoms with Gasteiger partial charge in [-0.25, -0.2) is 9.97 Å². The van der Waals surface area contributed by atoms with Crippen molar-refractivity contribution in [3.05, 3.63) is 42.1 Å². The van der Waals surface area contributed by atoms with Crippen molar-refractivity contribution in [2.45, 2.75) is 38.4 Å². The second-order valence-electron chi connectivity index (χ2n) is 8.89. The first-order valence-electron chi connectivity index (χ1n) is 11.6. The monoisotopic (exact) mass is 462 g/mol. The van der Waals surface area contributed by atoms with Crippen molar-refractivity contribution in [2.24, 2.45) is 5.73 Å². The highest BCUT2D eigenvalue weighted by Crippen LogP contribution is 2.32. The maximum Gasteiger partial charge on any atom is 0.254 e. The molecule has 0 aliphatic carbocycles. The van der Waals surface area contributed by atoms with Crippen molar-refractivity contribution >= 4 is 28.0 Å². The number of aromatic amines is 1. The minimum Gasteiger partial charge on any atom is -0.494 e. The molecule has 178 valence electrons. The van der Waals surface area contributed by atoms with Crippen molar-refractivity contribution in [3.63, 3.8) is 0 Å². The third-order valence-electron chi connectivity index (χ3n) is 6.62. The van der Waals surface area contributed by atoms with Gasteiger partial charge in [0.05, 0.1) is 24.9 Å². The number of benzene rings is 1. The highest BCUT2D eigenvalue weighted by molar-refractivity contribution is 6.00. The molecule has 2 atom stereocenters. The van der Waals surface area contributed by atoms with Crippen LogP contribution in [0.3, 0.4) is 0 Å². The van der Waals surface area contributed by atoms with Gasteiger partial charge < -0.3 is 29.7 Å². The molecular weight excluding hydrogens is 432 g/mol. The number of methoxy groups -OCH3 is 2. The molecule has 3 N–H and O–H groups in total. The van der Waals surface area contributed by atoms with Gasteiger partial charge in [-0.1, -0.05) is 0 Å². The Morgan fingerprint density at radius 2 is 2.12 bits per heavy atom. The maximum absolute atomic E-state index is 13.4. The summed E-state index contributed by atoms with van der Waals surface area (Å²) in [4.78, 5) is 28.1. The zero-order valence-electron chi connectivity index (χ0n) is 19.7. The summed E-state index contributed by atoms with van der Waals surface area (Å²) in [5, 5.41) is 1.02. The van der Waals surface area contributed by atoms with E-state index in [4.69, 9.17) is 20.2 Å². The Labute approximate surface area is 197 Å². The fourth-order valence-corrected chi connectivity index (χ4v) is 4.76. The zero-order chi connectivity index (χ0) is 23.8. The third kappa shape index (κ3) is 3.91. The van der Waals surface area contributed by atoms with E-state index in [9.17, 15) is 4.79 Å². The van der Waals surface area contributed by atoms with E-state index in [0.717, 1.165) is 35.1 Å². The van der Waals surface area contributed by atoms with Crippen LogP contribution >= 0.6 is 0 Å². The number of hydrogen-bond donors (Lipinski definition) is 2. The number of rotatable bonds is 6. The number of imidazole rings is 1. The molecule has 1 aromatic carbocycles. The van der Waals surface area contributed by atoms with Crippen molar-refractivity contribution in [1.29, 1.82) is 0 Å². The van der Waals surface area contributed by atoms with Crippen LogP contribution in [0.1, 0.15) is 30.1 Å². The fourth-order valence-electron chi connectivity index (χ4n) is 4.76. The van der Waals surface area contributed by atoms with Gasteiger partial charge in [0.25, 0.3) is 5.91 Å². The lowest BCUT2D eigenvalue weighted by molar-refractivity contribution is 0.0612. The van der Waals surface area contributed by atoms with Gasteiger partial charge in [-0.15, -0.1) is 0 Å². The first kappa shape index (κ1) is 22.4. The number of piperidine rings is 1. The van der Waals surface area contributed by atoms with E-state index >= 15 is 0 Å². The Morgan fingerprint density at radius 1 is 1.26 bits per heavy atom. The van der Waals surface area contributed by atoms with Gasteiger partial charge >= 0.3 is 0 Å². The van der Waals surface area contributed by atoms with E-state index in [1.165, 1.54) is 0 Å². The van der Waals surface area contributed by atoms with Gasteiger partial charge in [0.2, 0.25) is 0 Å². The fraction of sp³-hybridized carbons (Fsp3) is 0.400. The molecule has 9 nitrogen and oxygen atoms in total. The van der Waals surface area contributed by atoms with E-state index in [2.05, 4.69) is 27.5 Å². The van der Waals surface area contributed by atoms with Gasteiger partial charge in [0.1, 0.15) is 16.9 Å². The average molecular weight is 463 g/mol. The van der Waals surface area contributed by atoms with E-state index in [-0.39, 0.29) is 18.0 Å². The second kappa shape index (κ2) is 9.08. The molecule has 3 aromatic heterocycles. The molecule has 1 amide bonds. The summed E-state index contributed by atoms with van der Waals surface area (Å²) in [6, 6.07) is 9.76. The van der Waals surface area contributed by atoms with E-state index in [1.54, 1.807) is 26.5 Å². The van der Waals surface area contributed by atoms with Crippen molar-refractivity contribution in [2.75, 3.05) is 27.4 Å². The van der Waals surface area contributed by atoms with Crippen LogP contribution in [0.5, 0.6) is 5.75 Å². The Hall–Kier alpha value is -3.43. The van der Waals surface area contributed by atoms with Crippen LogP contribution < -0.4 is 10.5 Å². The molecular formula is C25H30N6O3. The van der Waals surface area contributed by atoms with Crippen molar-refractivity contribution in [3.8, 4) is 17.3 Å². The molecule has 0 radical (unpaired) electrons. The number of hydrogen-bond acceptors (Lipinski definition) is 6. The molecule has 4 heterocycles. The lowest BCUT2D eigenvalue weighted by atomic mass is 9.99. The van der Waals surface area contributed by atoms with Crippen molar-refractivity contribution < 1.29 is 14.3 Å². The van der Waals surface area contributed by atoms with Crippen LogP contribution in [-0.2, 0) is 11.3 Å². The molecule has 9 heteroatoms. The van der Waals surface area contributed by atoms with Crippen LogP contribution in [0.25, 0.3) is 33.6 Å². The molecule has 1 aliphatic heterocycles. The summed E-state index contributed by atoms with van der Waals surface area (Å²) in [7, 11) is 3.28. The van der Waals surface area contributed by atoms with Crippen molar-refractivity contribution in [1.82, 2.24) is 24.4 Å². The number of nitrogens with zero attached hydrogens (tertiary/aromatic N) is 4. The maximum atomic E-state index is 13.4. The van der Waals surface area contributed by atoms with E-state index < -0.39 is 0 Å². The second-order valence-corrected chi connectivity index (χ2v) is 8.89. The summed E-state index contributed by atoms with van der Waals surface area (Å²) in [5.41, 5.74) is 9.87. The lowest BCUT2D eigenvalue weighted by Crippen LogP contribution is -2.50. The number of nitrogens with two attached hydrogens (primary N) is 1. The minimum absolute atomic E-state index is 0.00499.